The fourth-order valence-corrected chi connectivity index (χ4v) is 1.98. The van der Waals surface area contributed by atoms with E-state index in [9.17, 15) is 0 Å². The van der Waals surface area contributed by atoms with Gasteiger partial charge in [0.1, 0.15) is 5.76 Å². The van der Waals surface area contributed by atoms with Gasteiger partial charge in [0.05, 0.1) is 18.9 Å². The zero-order chi connectivity index (χ0) is 9.80. The van der Waals surface area contributed by atoms with Crippen LogP contribution in [0.15, 0.2) is 22.8 Å². The maximum Gasteiger partial charge on any atom is 0.117 e. The van der Waals surface area contributed by atoms with Gasteiger partial charge in [0.15, 0.2) is 0 Å². The van der Waals surface area contributed by atoms with Crippen molar-refractivity contribution >= 4 is 0 Å². The maximum atomic E-state index is 8.58. The number of likely N-dealkylation sites (tertiary alicyclic amines) is 1. The molecule has 1 unspecified atom stereocenters. The van der Waals surface area contributed by atoms with Crippen LogP contribution in [0.5, 0.6) is 0 Å². The van der Waals surface area contributed by atoms with Gasteiger partial charge < -0.3 is 4.42 Å². The van der Waals surface area contributed by atoms with Gasteiger partial charge in [-0.15, -0.1) is 0 Å². The van der Waals surface area contributed by atoms with E-state index in [1.165, 1.54) is 0 Å². The van der Waals surface area contributed by atoms with Crippen LogP contribution in [0.1, 0.15) is 18.6 Å². The topological polar surface area (TPSA) is 40.2 Å². The number of hydrogen-bond acceptors (Lipinski definition) is 3. The Balaban J connectivity index is 1.82. The van der Waals surface area contributed by atoms with Gasteiger partial charge >= 0.3 is 0 Å². The smallest absolute Gasteiger partial charge is 0.117 e. The molecule has 1 fully saturated rings. The molecule has 1 aliphatic heterocycles. The van der Waals surface area contributed by atoms with Crippen LogP contribution in [0.25, 0.3) is 0 Å². The molecular formula is C11H14N2O. The first-order valence-corrected chi connectivity index (χ1v) is 5.00. The van der Waals surface area contributed by atoms with Crippen molar-refractivity contribution in [1.29, 1.82) is 5.26 Å². The minimum atomic E-state index is 0.565. The highest BCUT2D eigenvalue weighted by Gasteiger charge is 2.22. The van der Waals surface area contributed by atoms with E-state index in [2.05, 4.69) is 11.0 Å². The summed E-state index contributed by atoms with van der Waals surface area (Å²) in [5, 5.41) is 8.58. The quantitative estimate of drug-likeness (QED) is 0.732. The summed E-state index contributed by atoms with van der Waals surface area (Å²) in [6, 6.07) is 6.15. The molecule has 1 aromatic heterocycles. The second kappa shape index (κ2) is 4.30. The first-order valence-electron chi connectivity index (χ1n) is 5.00. The van der Waals surface area contributed by atoms with Crippen molar-refractivity contribution in [3.05, 3.63) is 24.2 Å². The molecule has 1 aromatic rings. The molecule has 1 atom stereocenters. The summed E-state index contributed by atoms with van der Waals surface area (Å²) in [6.07, 6.45) is 3.54. The lowest BCUT2D eigenvalue weighted by Crippen LogP contribution is -2.19. The fraction of sp³-hybridized carbons (Fsp3) is 0.545. The third-order valence-corrected chi connectivity index (χ3v) is 2.71. The van der Waals surface area contributed by atoms with Crippen LogP contribution in [0.2, 0.25) is 0 Å². The lowest BCUT2D eigenvalue weighted by Gasteiger charge is -2.12. The molecule has 0 bridgehead atoms. The lowest BCUT2D eigenvalue weighted by atomic mass is 10.1. The Hall–Kier alpha value is -1.27. The summed E-state index contributed by atoms with van der Waals surface area (Å²) in [6.45, 7) is 3.01. The molecule has 0 N–H and O–H groups in total. The molecule has 3 heteroatoms. The number of nitrogens with zero attached hydrogens (tertiary/aromatic N) is 2. The normalized spacial score (nSPS) is 22.4. The van der Waals surface area contributed by atoms with Gasteiger partial charge in [-0.1, -0.05) is 0 Å². The van der Waals surface area contributed by atoms with E-state index < -0.39 is 0 Å². The minimum Gasteiger partial charge on any atom is -0.468 e. The third-order valence-electron chi connectivity index (χ3n) is 2.71. The molecule has 2 heterocycles. The van der Waals surface area contributed by atoms with E-state index in [1.54, 1.807) is 6.26 Å². The predicted octanol–water partition coefficient (Wildman–Crippen LogP) is 2.02. The van der Waals surface area contributed by atoms with Gasteiger partial charge in [-0.25, -0.2) is 0 Å². The molecular weight excluding hydrogens is 176 g/mol. The maximum absolute atomic E-state index is 8.58. The Kier molecular flexibility index (Phi) is 2.85. The van der Waals surface area contributed by atoms with Gasteiger partial charge in [-0.3, -0.25) is 4.90 Å². The number of furan rings is 1. The molecule has 3 nitrogen and oxygen atoms in total. The Morgan fingerprint density at radius 1 is 1.64 bits per heavy atom. The molecule has 0 aromatic carbocycles. The highest BCUT2D eigenvalue weighted by atomic mass is 16.3. The second-order valence-electron chi connectivity index (χ2n) is 3.83. The van der Waals surface area contributed by atoms with E-state index in [4.69, 9.17) is 9.68 Å². The monoisotopic (exact) mass is 190 g/mol. The largest absolute Gasteiger partial charge is 0.468 e. The molecule has 1 aliphatic rings. The number of hydrogen-bond donors (Lipinski definition) is 0. The summed E-state index contributed by atoms with van der Waals surface area (Å²) < 4.78 is 5.28. The van der Waals surface area contributed by atoms with Gasteiger partial charge in [0.25, 0.3) is 0 Å². The number of nitriles is 1. The second-order valence-corrected chi connectivity index (χ2v) is 3.83. The average molecular weight is 190 g/mol. The van der Waals surface area contributed by atoms with Gasteiger partial charge in [0.2, 0.25) is 0 Å². The highest BCUT2D eigenvalue weighted by molar-refractivity contribution is 4.98. The zero-order valence-electron chi connectivity index (χ0n) is 8.15. The lowest BCUT2D eigenvalue weighted by molar-refractivity contribution is 0.287. The van der Waals surface area contributed by atoms with E-state index in [1.807, 2.05) is 12.1 Å². The minimum absolute atomic E-state index is 0.565. The molecule has 0 saturated carbocycles. The highest BCUT2D eigenvalue weighted by Crippen LogP contribution is 2.20. The molecule has 74 valence electrons. The van der Waals surface area contributed by atoms with Crippen LogP contribution in [-0.4, -0.2) is 18.0 Å². The van der Waals surface area contributed by atoms with Crippen molar-refractivity contribution in [2.45, 2.75) is 19.4 Å². The number of rotatable bonds is 3. The van der Waals surface area contributed by atoms with E-state index in [0.29, 0.717) is 12.3 Å². The summed E-state index contributed by atoms with van der Waals surface area (Å²) in [7, 11) is 0. The van der Waals surface area contributed by atoms with Crippen molar-refractivity contribution < 1.29 is 4.42 Å². The van der Waals surface area contributed by atoms with Crippen LogP contribution in [-0.2, 0) is 6.54 Å². The summed E-state index contributed by atoms with van der Waals surface area (Å²) in [5.74, 6) is 1.58. The first-order chi connectivity index (χ1) is 6.88. The molecule has 1 saturated heterocycles. The average Bonchev–Trinajstić information content (AvgIpc) is 2.79. The van der Waals surface area contributed by atoms with Crippen LogP contribution in [0.3, 0.4) is 0 Å². The predicted molar refractivity (Wildman–Crippen MR) is 52.3 cm³/mol. The molecule has 0 spiro atoms. The van der Waals surface area contributed by atoms with Crippen LogP contribution in [0.4, 0.5) is 0 Å². The Morgan fingerprint density at radius 3 is 3.29 bits per heavy atom. The van der Waals surface area contributed by atoms with Crippen LogP contribution < -0.4 is 0 Å². The summed E-state index contributed by atoms with van der Waals surface area (Å²) >= 11 is 0. The van der Waals surface area contributed by atoms with E-state index in [0.717, 1.165) is 31.8 Å². The molecule has 0 amide bonds. The Morgan fingerprint density at radius 2 is 2.57 bits per heavy atom. The van der Waals surface area contributed by atoms with Gasteiger partial charge in [0, 0.05) is 13.0 Å². The Labute approximate surface area is 83.9 Å². The van der Waals surface area contributed by atoms with Crippen LogP contribution >= 0.6 is 0 Å². The standard InChI is InChI=1S/C11H14N2O/c12-5-3-10-4-6-13(8-10)9-11-2-1-7-14-11/h1-2,7,10H,3-4,6,8-9H2. The zero-order valence-corrected chi connectivity index (χ0v) is 8.15. The molecule has 0 radical (unpaired) electrons. The Bertz CT molecular complexity index is 313. The van der Waals surface area contributed by atoms with Crippen molar-refractivity contribution in [1.82, 2.24) is 4.90 Å². The molecule has 0 aliphatic carbocycles. The van der Waals surface area contributed by atoms with Gasteiger partial charge in [-0.2, -0.15) is 5.26 Å². The van der Waals surface area contributed by atoms with Crippen molar-refractivity contribution in [2.24, 2.45) is 5.92 Å². The first kappa shape index (κ1) is 9.29. The van der Waals surface area contributed by atoms with Gasteiger partial charge in [-0.05, 0) is 31.0 Å². The molecule has 14 heavy (non-hydrogen) atoms. The van der Waals surface area contributed by atoms with E-state index >= 15 is 0 Å². The fourth-order valence-electron chi connectivity index (χ4n) is 1.98. The third kappa shape index (κ3) is 2.15. The molecule has 2 rings (SSSR count). The summed E-state index contributed by atoms with van der Waals surface area (Å²) in [5.41, 5.74) is 0. The van der Waals surface area contributed by atoms with Crippen molar-refractivity contribution in [3.8, 4) is 6.07 Å². The summed E-state index contributed by atoms with van der Waals surface area (Å²) in [4.78, 5) is 2.35. The van der Waals surface area contributed by atoms with Crippen LogP contribution in [0, 0.1) is 17.2 Å². The van der Waals surface area contributed by atoms with Crippen molar-refractivity contribution in [2.75, 3.05) is 13.1 Å². The van der Waals surface area contributed by atoms with Crippen molar-refractivity contribution in [3.63, 3.8) is 0 Å². The SMILES string of the molecule is N#CCC1CCN(Cc2ccco2)C1. The van der Waals surface area contributed by atoms with E-state index in [-0.39, 0.29) is 0 Å².